The van der Waals surface area contributed by atoms with Gasteiger partial charge in [0.15, 0.2) is 0 Å². The van der Waals surface area contributed by atoms with E-state index in [2.05, 4.69) is 20.6 Å². The van der Waals surface area contributed by atoms with Gasteiger partial charge in [-0.3, -0.25) is 14.2 Å². The number of aromatic nitrogens is 3. The van der Waals surface area contributed by atoms with Gasteiger partial charge in [0.05, 0.1) is 10.9 Å². The molecule has 2 N–H and O–H groups in total. The van der Waals surface area contributed by atoms with Crippen molar-refractivity contribution in [3.8, 4) is 5.82 Å². The highest BCUT2D eigenvalue weighted by atomic mass is 32.2. The Labute approximate surface area is 160 Å². The smallest absolute Gasteiger partial charge is 0.251 e. The van der Waals surface area contributed by atoms with Crippen molar-refractivity contribution in [3.05, 3.63) is 66.4 Å². The first-order chi connectivity index (χ1) is 13.1. The molecule has 0 radical (unpaired) electrons. The van der Waals surface area contributed by atoms with Crippen molar-refractivity contribution >= 4 is 29.3 Å². The number of pyridine rings is 1. The topological polar surface area (TPSA) is 88.9 Å². The number of nitrogens with one attached hydrogen (secondary N) is 2. The van der Waals surface area contributed by atoms with Gasteiger partial charge in [-0.25, -0.2) is 9.97 Å². The number of anilines is 1. The summed E-state index contributed by atoms with van der Waals surface area (Å²) in [6.07, 6.45) is 6.91. The lowest BCUT2D eigenvalue weighted by Crippen LogP contribution is -2.27. The summed E-state index contributed by atoms with van der Waals surface area (Å²) in [7, 11) is 0. The molecule has 2 aromatic heterocycles. The molecule has 0 saturated carbocycles. The van der Waals surface area contributed by atoms with Crippen LogP contribution < -0.4 is 10.6 Å². The maximum Gasteiger partial charge on any atom is 0.251 e. The van der Waals surface area contributed by atoms with Gasteiger partial charge in [-0.15, -0.1) is 11.8 Å². The lowest BCUT2D eigenvalue weighted by atomic mass is 10.1. The Morgan fingerprint density at radius 1 is 1.33 bits per heavy atom. The number of hydrogen-bond acceptors (Lipinski definition) is 5. The van der Waals surface area contributed by atoms with Crippen molar-refractivity contribution < 1.29 is 9.59 Å². The quantitative estimate of drug-likeness (QED) is 0.727. The average Bonchev–Trinajstić information content (AvgIpc) is 3.22. The summed E-state index contributed by atoms with van der Waals surface area (Å²) in [4.78, 5) is 33.6. The molecule has 0 bridgehead atoms. The van der Waals surface area contributed by atoms with Gasteiger partial charge in [0.25, 0.3) is 5.91 Å². The Balaban J connectivity index is 1.41. The van der Waals surface area contributed by atoms with Crippen molar-refractivity contribution in [2.45, 2.75) is 23.6 Å². The fraction of sp³-hybridized carbons (Fsp3) is 0.158. The summed E-state index contributed by atoms with van der Waals surface area (Å²) in [5.41, 5.74) is 2.08. The van der Waals surface area contributed by atoms with E-state index in [1.807, 2.05) is 35.9 Å². The van der Waals surface area contributed by atoms with Gasteiger partial charge in [0.2, 0.25) is 5.91 Å². The molecule has 1 aliphatic rings. The Morgan fingerprint density at radius 2 is 2.22 bits per heavy atom. The number of fused-ring (bicyclic) bond motifs is 1. The van der Waals surface area contributed by atoms with Crippen molar-refractivity contribution in [2.75, 3.05) is 5.32 Å². The SMILES string of the molecule is CC1Sc2ccc(C(=O)NCc3ccc(-n4ccnc4)nc3)cc2NC1=O. The zero-order valence-corrected chi connectivity index (χ0v) is 15.4. The van der Waals surface area contributed by atoms with Gasteiger partial charge in [-0.2, -0.15) is 0 Å². The third-order valence-electron chi connectivity index (χ3n) is 4.20. The fourth-order valence-corrected chi connectivity index (χ4v) is 3.63. The van der Waals surface area contributed by atoms with Gasteiger partial charge < -0.3 is 10.6 Å². The van der Waals surface area contributed by atoms with Crippen LogP contribution in [0.2, 0.25) is 0 Å². The maximum atomic E-state index is 12.4. The number of carbonyl (C=O) groups is 2. The molecule has 136 valence electrons. The number of carbonyl (C=O) groups excluding carboxylic acids is 2. The van der Waals surface area contributed by atoms with E-state index < -0.39 is 0 Å². The van der Waals surface area contributed by atoms with Crippen molar-refractivity contribution in [1.29, 1.82) is 0 Å². The summed E-state index contributed by atoms with van der Waals surface area (Å²) in [5, 5.41) is 5.59. The van der Waals surface area contributed by atoms with Crippen molar-refractivity contribution in [1.82, 2.24) is 19.9 Å². The Kier molecular flexibility index (Phi) is 4.64. The van der Waals surface area contributed by atoms with E-state index in [0.717, 1.165) is 16.3 Å². The van der Waals surface area contributed by atoms with E-state index in [0.29, 0.717) is 17.8 Å². The Hall–Kier alpha value is -3.13. The highest BCUT2D eigenvalue weighted by Crippen LogP contribution is 2.35. The molecule has 27 heavy (non-hydrogen) atoms. The number of rotatable bonds is 4. The number of hydrogen-bond donors (Lipinski definition) is 2. The van der Waals surface area contributed by atoms with Crippen LogP contribution in [0.1, 0.15) is 22.8 Å². The molecule has 2 amide bonds. The molecule has 7 nitrogen and oxygen atoms in total. The summed E-state index contributed by atoms with van der Waals surface area (Å²) >= 11 is 1.49. The minimum absolute atomic E-state index is 0.0471. The van der Waals surface area contributed by atoms with Crippen LogP contribution in [0.5, 0.6) is 0 Å². The molecule has 1 atom stereocenters. The third-order valence-corrected chi connectivity index (χ3v) is 5.38. The number of nitrogens with zero attached hydrogens (tertiary/aromatic N) is 3. The van der Waals surface area contributed by atoms with Gasteiger partial charge in [-0.1, -0.05) is 6.07 Å². The van der Waals surface area contributed by atoms with Gasteiger partial charge >= 0.3 is 0 Å². The van der Waals surface area contributed by atoms with Gasteiger partial charge in [0.1, 0.15) is 12.1 Å². The highest BCUT2D eigenvalue weighted by molar-refractivity contribution is 8.00. The largest absolute Gasteiger partial charge is 0.348 e. The van der Waals surface area contributed by atoms with E-state index >= 15 is 0 Å². The average molecular weight is 379 g/mol. The first kappa shape index (κ1) is 17.3. The van der Waals surface area contributed by atoms with Crippen LogP contribution in [0.3, 0.4) is 0 Å². The molecule has 4 rings (SSSR count). The van der Waals surface area contributed by atoms with Crippen LogP contribution in [0.25, 0.3) is 5.82 Å². The van der Waals surface area contributed by atoms with Gasteiger partial charge in [0, 0.05) is 35.6 Å². The minimum Gasteiger partial charge on any atom is -0.348 e. The first-order valence-corrected chi connectivity index (χ1v) is 9.31. The fourth-order valence-electron chi connectivity index (χ4n) is 2.70. The molecular formula is C19H17N5O2S. The van der Waals surface area contributed by atoms with Crippen LogP contribution in [0, 0.1) is 0 Å². The molecule has 0 saturated heterocycles. The molecule has 0 aliphatic carbocycles. The van der Waals surface area contributed by atoms with Gasteiger partial charge in [-0.05, 0) is 36.8 Å². The Bertz CT molecular complexity index is 986. The summed E-state index contributed by atoms with van der Waals surface area (Å²) in [6, 6.07) is 9.13. The first-order valence-electron chi connectivity index (χ1n) is 8.43. The molecule has 1 aromatic carbocycles. The Morgan fingerprint density at radius 3 is 2.96 bits per heavy atom. The van der Waals surface area contributed by atoms with E-state index in [1.165, 1.54) is 11.8 Å². The van der Waals surface area contributed by atoms with Crippen LogP contribution >= 0.6 is 11.8 Å². The number of benzene rings is 1. The van der Waals surface area contributed by atoms with E-state index in [9.17, 15) is 9.59 Å². The predicted octanol–water partition coefficient (Wildman–Crippen LogP) is 2.63. The van der Waals surface area contributed by atoms with E-state index in [-0.39, 0.29) is 17.1 Å². The second kappa shape index (κ2) is 7.24. The number of amides is 2. The highest BCUT2D eigenvalue weighted by Gasteiger charge is 2.23. The van der Waals surface area contributed by atoms with Crippen LogP contribution in [0.4, 0.5) is 5.69 Å². The minimum atomic E-state index is -0.200. The van der Waals surface area contributed by atoms with Crippen molar-refractivity contribution in [2.24, 2.45) is 0 Å². The maximum absolute atomic E-state index is 12.4. The van der Waals surface area contributed by atoms with Crippen molar-refractivity contribution in [3.63, 3.8) is 0 Å². The molecular weight excluding hydrogens is 362 g/mol. The molecule has 3 heterocycles. The van der Waals surface area contributed by atoms with E-state index in [1.54, 1.807) is 30.9 Å². The predicted molar refractivity (Wildman–Crippen MR) is 103 cm³/mol. The lowest BCUT2D eigenvalue weighted by molar-refractivity contribution is -0.115. The second-order valence-corrected chi connectivity index (χ2v) is 7.52. The standard InChI is InChI=1S/C19H17N5O2S/c1-12-18(25)23-15-8-14(3-4-16(15)27-12)19(26)22-10-13-2-5-17(21-9-13)24-7-6-20-11-24/h2-9,11-12H,10H2,1H3,(H,22,26)(H,23,25). The summed E-state index contributed by atoms with van der Waals surface area (Å²) < 4.78 is 1.81. The molecule has 1 unspecified atom stereocenters. The second-order valence-electron chi connectivity index (χ2n) is 6.14. The molecule has 0 spiro atoms. The van der Waals surface area contributed by atoms with E-state index in [4.69, 9.17) is 0 Å². The number of thioether (sulfide) groups is 1. The monoisotopic (exact) mass is 379 g/mol. The van der Waals surface area contributed by atoms with Crippen LogP contribution in [0.15, 0.2) is 60.1 Å². The zero-order valence-electron chi connectivity index (χ0n) is 14.5. The summed E-state index contributed by atoms with van der Waals surface area (Å²) in [6.45, 7) is 2.22. The molecule has 3 aromatic rings. The molecule has 0 fully saturated rings. The molecule has 8 heteroatoms. The lowest BCUT2D eigenvalue weighted by Gasteiger charge is -2.21. The van der Waals surface area contributed by atoms with Crippen LogP contribution in [-0.2, 0) is 11.3 Å². The number of imidazole rings is 1. The van der Waals surface area contributed by atoms with Crippen LogP contribution in [-0.4, -0.2) is 31.6 Å². The normalized spacial score (nSPS) is 15.7. The zero-order chi connectivity index (χ0) is 18.8. The summed E-state index contributed by atoms with van der Waals surface area (Å²) in [5.74, 6) is 0.517. The third kappa shape index (κ3) is 3.70. The molecule has 1 aliphatic heterocycles.